The maximum atomic E-state index is 2.48. The molecule has 0 nitrogen and oxygen atoms in total. The van der Waals surface area contributed by atoms with Crippen LogP contribution in [0.5, 0.6) is 0 Å². The third kappa shape index (κ3) is 6.66. The van der Waals surface area contributed by atoms with Gasteiger partial charge in [-0.15, -0.1) is 0 Å². The second-order valence-corrected chi connectivity index (χ2v) is 14.8. The molecule has 0 aliphatic heterocycles. The van der Waals surface area contributed by atoms with E-state index in [2.05, 4.69) is 135 Å². The van der Waals surface area contributed by atoms with E-state index in [1.54, 1.807) is 0 Å². The summed E-state index contributed by atoms with van der Waals surface area (Å²) >= 11 is 0. The molecular weight excluding hydrogens is 480 g/mol. The monoisotopic (exact) mass is 516 g/mol. The summed E-state index contributed by atoms with van der Waals surface area (Å²) in [7, 11) is -0.844. The minimum absolute atomic E-state index is 0. The third-order valence-corrected chi connectivity index (χ3v) is 13.7. The zero-order valence-electron chi connectivity index (χ0n) is 22.0. The summed E-state index contributed by atoms with van der Waals surface area (Å²) in [4.78, 5) is 0. The van der Waals surface area contributed by atoms with Gasteiger partial charge in [-0.05, 0) is 73.1 Å². The average Bonchev–Trinajstić information content (AvgIpc) is 3.38. The van der Waals surface area contributed by atoms with Gasteiger partial charge >= 0.3 is 0 Å². The van der Waals surface area contributed by atoms with Crippen LogP contribution < -0.4 is 21.2 Å². The average molecular weight is 516 g/mol. The molecule has 1 aliphatic carbocycles. The van der Waals surface area contributed by atoms with Gasteiger partial charge in [0.25, 0.3) is 0 Å². The van der Waals surface area contributed by atoms with Crippen LogP contribution in [0.4, 0.5) is 0 Å². The molecule has 0 N–H and O–H groups in total. The minimum Gasteiger partial charge on any atom is -0.0622 e. The van der Waals surface area contributed by atoms with Gasteiger partial charge in [0, 0.05) is 16.8 Å². The van der Waals surface area contributed by atoms with E-state index in [4.69, 9.17) is 0 Å². The summed E-state index contributed by atoms with van der Waals surface area (Å²) in [5.41, 5.74) is 1.39. The lowest BCUT2D eigenvalue weighted by molar-refractivity contribution is 0.437. The number of rotatable bonds is 8. The van der Waals surface area contributed by atoms with Crippen LogP contribution in [0.3, 0.4) is 0 Å². The van der Waals surface area contributed by atoms with Crippen LogP contribution in [0.25, 0.3) is 0 Å². The van der Waals surface area contributed by atoms with E-state index in [1.807, 2.05) is 0 Å². The second kappa shape index (κ2) is 14.1. The fourth-order valence-electron chi connectivity index (χ4n) is 6.05. The van der Waals surface area contributed by atoms with Crippen LogP contribution in [-0.4, -0.2) is 28.1 Å². The first-order chi connectivity index (χ1) is 17.2. The maximum absolute atomic E-state index is 2.48. The van der Waals surface area contributed by atoms with Gasteiger partial charge < -0.3 is 0 Å². The predicted octanol–water partition coefficient (Wildman–Crippen LogP) is 6.68. The summed E-state index contributed by atoms with van der Waals surface area (Å²) in [6, 6.07) is 45.6. The van der Waals surface area contributed by atoms with Gasteiger partial charge in [0.1, 0.15) is 0 Å². The summed E-state index contributed by atoms with van der Waals surface area (Å²) in [5, 5.41) is 6.14. The van der Waals surface area contributed by atoms with E-state index in [9.17, 15) is 0 Å². The second-order valence-electron chi connectivity index (χ2n) is 9.98. The lowest BCUT2D eigenvalue weighted by atomic mass is 9.94. The molecule has 6 radical (unpaired) electrons. The van der Waals surface area contributed by atoms with Crippen molar-refractivity contribution in [1.82, 2.24) is 0 Å². The molecule has 0 heterocycles. The van der Waals surface area contributed by atoms with Crippen molar-refractivity contribution in [2.75, 3.05) is 0 Å². The standard InChI is InChI=1S/C33H36P2.2B/c1-26(2)33(35(29-20-11-5-12-21-29)30-22-13-6-14-23-30)31-24-15-25-32(31)34(27-16-7-3-8-17-27)28-18-9-4-10-19-28;;/h3-14,16-23,26,31-33H,15,24-25H2,1-2H3;;/t31-,32+,33-;;/m0../s1. The van der Waals surface area contributed by atoms with Crippen LogP contribution in [0, 0.1) is 11.8 Å². The summed E-state index contributed by atoms with van der Waals surface area (Å²) in [6.07, 6.45) is 4.05. The van der Waals surface area contributed by atoms with E-state index in [-0.39, 0.29) is 16.8 Å². The van der Waals surface area contributed by atoms with Crippen molar-refractivity contribution in [3.05, 3.63) is 121 Å². The zero-order valence-corrected chi connectivity index (χ0v) is 23.8. The topological polar surface area (TPSA) is 0 Å². The highest BCUT2D eigenvalue weighted by Gasteiger charge is 2.43. The molecule has 0 unspecified atom stereocenters. The Balaban J connectivity index is 0.00000190. The van der Waals surface area contributed by atoms with Crippen LogP contribution in [0.15, 0.2) is 121 Å². The smallest absolute Gasteiger partial charge is 0 e. The molecule has 4 aromatic carbocycles. The Morgan fingerprint density at radius 1 is 0.541 bits per heavy atom. The molecule has 1 fully saturated rings. The summed E-state index contributed by atoms with van der Waals surface area (Å²) < 4.78 is 0. The molecule has 0 aromatic heterocycles. The van der Waals surface area contributed by atoms with Gasteiger partial charge in [-0.1, -0.05) is 142 Å². The molecule has 4 heteroatoms. The van der Waals surface area contributed by atoms with Gasteiger partial charge in [0.2, 0.25) is 0 Å². The van der Waals surface area contributed by atoms with Crippen molar-refractivity contribution >= 4 is 53.9 Å². The Bertz CT molecular complexity index is 1090. The highest BCUT2D eigenvalue weighted by molar-refractivity contribution is 7.74. The molecule has 5 rings (SSSR count). The Hall–Kier alpha value is -2.13. The highest BCUT2D eigenvalue weighted by Crippen LogP contribution is 2.58. The molecule has 1 aliphatic rings. The number of hydrogen-bond donors (Lipinski definition) is 0. The van der Waals surface area contributed by atoms with Crippen molar-refractivity contribution in [3.63, 3.8) is 0 Å². The van der Waals surface area contributed by atoms with Crippen molar-refractivity contribution in [3.8, 4) is 0 Å². The number of benzene rings is 4. The Morgan fingerprint density at radius 3 is 1.30 bits per heavy atom. The quantitative estimate of drug-likeness (QED) is 0.181. The molecule has 3 atom stereocenters. The fourth-order valence-corrected chi connectivity index (χ4v) is 12.7. The maximum Gasteiger partial charge on any atom is 0 e. The lowest BCUT2D eigenvalue weighted by Gasteiger charge is -2.41. The largest absolute Gasteiger partial charge is 0.0622 e. The normalized spacial score (nSPS) is 17.9. The van der Waals surface area contributed by atoms with Gasteiger partial charge in [0.05, 0.1) is 0 Å². The first-order valence-electron chi connectivity index (χ1n) is 13.0. The molecule has 0 saturated heterocycles. The first-order valence-corrected chi connectivity index (χ1v) is 15.8. The van der Waals surface area contributed by atoms with E-state index in [0.29, 0.717) is 11.6 Å². The Morgan fingerprint density at radius 2 is 0.919 bits per heavy atom. The first kappa shape index (κ1) is 29.4. The van der Waals surface area contributed by atoms with Gasteiger partial charge in [-0.2, -0.15) is 0 Å². The summed E-state index contributed by atoms with van der Waals surface area (Å²) in [5.74, 6) is 1.36. The van der Waals surface area contributed by atoms with Gasteiger partial charge in [-0.3, -0.25) is 0 Å². The van der Waals surface area contributed by atoms with Crippen LogP contribution in [0.1, 0.15) is 33.1 Å². The SMILES string of the molecule is CC(C)[C@@H]([C@H]1CCC[C@H]1P(c1ccccc1)c1ccccc1)P(c1ccccc1)c1ccccc1.[B].[B]. The minimum atomic E-state index is -0.444. The molecule has 0 spiro atoms. The van der Waals surface area contributed by atoms with Crippen LogP contribution in [-0.2, 0) is 0 Å². The van der Waals surface area contributed by atoms with Crippen molar-refractivity contribution < 1.29 is 0 Å². The Kier molecular flexibility index (Phi) is 11.2. The fraction of sp³-hybridized carbons (Fsp3) is 0.273. The molecule has 4 aromatic rings. The zero-order chi connectivity index (χ0) is 24.0. The lowest BCUT2D eigenvalue weighted by Crippen LogP contribution is -2.37. The van der Waals surface area contributed by atoms with Crippen LogP contribution >= 0.6 is 15.8 Å². The molecular formula is C33H36B2P2. The van der Waals surface area contributed by atoms with Crippen molar-refractivity contribution in [2.45, 2.75) is 44.4 Å². The molecule has 0 bridgehead atoms. The third-order valence-electron chi connectivity index (χ3n) is 7.42. The van der Waals surface area contributed by atoms with Gasteiger partial charge in [-0.25, -0.2) is 0 Å². The predicted molar refractivity (Wildman–Crippen MR) is 169 cm³/mol. The van der Waals surface area contributed by atoms with Crippen molar-refractivity contribution in [2.24, 2.45) is 11.8 Å². The molecule has 37 heavy (non-hydrogen) atoms. The van der Waals surface area contributed by atoms with Crippen molar-refractivity contribution in [1.29, 1.82) is 0 Å². The number of hydrogen-bond acceptors (Lipinski definition) is 0. The molecule has 184 valence electrons. The van der Waals surface area contributed by atoms with E-state index in [0.717, 1.165) is 11.6 Å². The molecule has 0 amide bonds. The Labute approximate surface area is 231 Å². The van der Waals surface area contributed by atoms with E-state index in [1.165, 1.54) is 40.5 Å². The van der Waals surface area contributed by atoms with Crippen LogP contribution in [0.2, 0.25) is 0 Å². The van der Waals surface area contributed by atoms with E-state index >= 15 is 0 Å². The highest BCUT2D eigenvalue weighted by atomic mass is 31.1. The van der Waals surface area contributed by atoms with Gasteiger partial charge in [0.15, 0.2) is 0 Å². The van der Waals surface area contributed by atoms with E-state index < -0.39 is 15.8 Å². The molecule has 1 saturated carbocycles. The summed E-state index contributed by atoms with van der Waals surface area (Å²) in [6.45, 7) is 4.96.